The van der Waals surface area contributed by atoms with Gasteiger partial charge in [-0.2, -0.15) is 11.8 Å². The topological polar surface area (TPSA) is 70.6 Å². The number of sulfone groups is 1. The van der Waals surface area contributed by atoms with Crippen LogP contribution in [-0.2, 0) is 9.84 Å². The van der Waals surface area contributed by atoms with Gasteiger partial charge in [0.1, 0.15) is 0 Å². The summed E-state index contributed by atoms with van der Waals surface area (Å²) in [5, 5.41) is 7.76. The highest BCUT2D eigenvalue weighted by molar-refractivity contribution is 8.00. The summed E-state index contributed by atoms with van der Waals surface area (Å²) in [4.78, 5) is 4.81. The normalized spacial score (nSPS) is 28.1. The molecule has 0 spiro atoms. The van der Waals surface area contributed by atoms with Gasteiger partial charge in [-0.25, -0.2) is 8.42 Å². The number of nitrogens with one attached hydrogen (secondary N) is 2. The SMILES string of the molecule is CS(=O)(=O)c1ccc(C2CN=CC(NCC3CCCS3)N2)cc1. The van der Waals surface area contributed by atoms with Crippen LogP contribution in [0.4, 0.5) is 0 Å². The summed E-state index contributed by atoms with van der Waals surface area (Å²) in [5.74, 6) is 1.27. The van der Waals surface area contributed by atoms with Crippen LogP contribution < -0.4 is 10.6 Å². The first-order chi connectivity index (χ1) is 11.0. The highest BCUT2D eigenvalue weighted by Gasteiger charge is 2.21. The Kier molecular flexibility index (Phi) is 5.41. The summed E-state index contributed by atoms with van der Waals surface area (Å²) in [6.45, 7) is 1.67. The van der Waals surface area contributed by atoms with Gasteiger partial charge in [0.05, 0.1) is 23.6 Å². The van der Waals surface area contributed by atoms with Crippen molar-refractivity contribution in [2.45, 2.75) is 35.2 Å². The Hall–Kier alpha value is -0.890. The molecule has 3 rings (SSSR count). The number of hydrogen-bond acceptors (Lipinski definition) is 6. The summed E-state index contributed by atoms with van der Waals surface area (Å²) < 4.78 is 23.1. The van der Waals surface area contributed by atoms with Gasteiger partial charge in [0.2, 0.25) is 0 Å². The molecule has 2 N–H and O–H groups in total. The monoisotopic (exact) mass is 353 g/mol. The lowest BCUT2D eigenvalue weighted by molar-refractivity contribution is 0.433. The predicted octanol–water partition coefficient (Wildman–Crippen LogP) is 1.62. The molecule has 2 aliphatic heterocycles. The molecule has 1 aromatic carbocycles. The van der Waals surface area contributed by atoms with Crippen LogP contribution in [0.1, 0.15) is 24.4 Å². The molecule has 0 amide bonds. The molecule has 0 aromatic heterocycles. The smallest absolute Gasteiger partial charge is 0.175 e. The number of hydrogen-bond donors (Lipinski definition) is 2. The van der Waals surface area contributed by atoms with Crippen LogP contribution in [0.15, 0.2) is 34.2 Å². The molecule has 7 heteroatoms. The largest absolute Gasteiger partial charge is 0.296 e. The summed E-state index contributed by atoms with van der Waals surface area (Å²) in [7, 11) is -3.14. The molecule has 23 heavy (non-hydrogen) atoms. The van der Waals surface area contributed by atoms with Gasteiger partial charge >= 0.3 is 0 Å². The molecule has 0 aliphatic carbocycles. The number of aliphatic imine (C=N–C) groups is 1. The van der Waals surface area contributed by atoms with E-state index in [9.17, 15) is 8.42 Å². The number of thioether (sulfide) groups is 1. The van der Waals surface area contributed by atoms with Crippen molar-refractivity contribution in [3.8, 4) is 0 Å². The third-order valence-electron chi connectivity index (χ3n) is 4.22. The average molecular weight is 354 g/mol. The molecule has 1 fully saturated rings. The van der Waals surface area contributed by atoms with E-state index in [4.69, 9.17) is 0 Å². The summed E-state index contributed by atoms with van der Waals surface area (Å²) >= 11 is 2.04. The standard InChI is InChI=1S/C16H23N3O2S2/c1-23(20,21)14-6-4-12(5-7-14)15-10-17-11-16(19-15)18-9-13-3-2-8-22-13/h4-7,11,13,15-16,18-19H,2-3,8-10H2,1H3. The van der Waals surface area contributed by atoms with Crippen LogP contribution in [0.2, 0.25) is 0 Å². The third kappa shape index (κ3) is 4.56. The number of benzene rings is 1. The fourth-order valence-electron chi connectivity index (χ4n) is 2.91. The van der Waals surface area contributed by atoms with E-state index >= 15 is 0 Å². The molecule has 2 heterocycles. The first-order valence-electron chi connectivity index (χ1n) is 7.93. The van der Waals surface area contributed by atoms with Crippen molar-refractivity contribution in [3.63, 3.8) is 0 Å². The molecule has 0 radical (unpaired) electrons. The third-order valence-corrected chi connectivity index (χ3v) is 6.75. The van der Waals surface area contributed by atoms with E-state index in [0.29, 0.717) is 16.7 Å². The van der Waals surface area contributed by atoms with Crippen molar-refractivity contribution < 1.29 is 8.42 Å². The van der Waals surface area contributed by atoms with Crippen molar-refractivity contribution in [2.24, 2.45) is 4.99 Å². The summed E-state index contributed by atoms with van der Waals surface area (Å²) in [5.41, 5.74) is 1.07. The van der Waals surface area contributed by atoms with E-state index in [1.54, 1.807) is 12.1 Å². The zero-order valence-corrected chi connectivity index (χ0v) is 14.9. The second-order valence-electron chi connectivity index (χ2n) is 6.10. The molecule has 0 bridgehead atoms. The van der Waals surface area contributed by atoms with E-state index in [-0.39, 0.29) is 12.2 Å². The molecule has 2 aliphatic rings. The van der Waals surface area contributed by atoms with Gasteiger partial charge in [-0.05, 0) is 36.3 Å². The minimum absolute atomic E-state index is 0.0736. The highest BCUT2D eigenvalue weighted by atomic mass is 32.2. The van der Waals surface area contributed by atoms with Gasteiger partial charge in [-0.1, -0.05) is 12.1 Å². The molecule has 5 nitrogen and oxygen atoms in total. The maximum atomic E-state index is 11.5. The lowest BCUT2D eigenvalue weighted by Gasteiger charge is -2.28. The maximum absolute atomic E-state index is 11.5. The second-order valence-corrected chi connectivity index (χ2v) is 9.52. The van der Waals surface area contributed by atoms with Crippen molar-refractivity contribution in [1.29, 1.82) is 0 Å². The average Bonchev–Trinajstić information content (AvgIpc) is 3.06. The van der Waals surface area contributed by atoms with Gasteiger partial charge in [-0.15, -0.1) is 0 Å². The van der Waals surface area contributed by atoms with Gasteiger partial charge < -0.3 is 0 Å². The van der Waals surface area contributed by atoms with E-state index in [2.05, 4.69) is 15.6 Å². The summed E-state index contributed by atoms with van der Waals surface area (Å²) in [6, 6.07) is 7.20. The first-order valence-corrected chi connectivity index (χ1v) is 10.9. The van der Waals surface area contributed by atoms with Gasteiger partial charge in [0.25, 0.3) is 0 Å². The molecule has 1 saturated heterocycles. The van der Waals surface area contributed by atoms with Crippen molar-refractivity contribution in [3.05, 3.63) is 29.8 Å². The molecular weight excluding hydrogens is 330 g/mol. The van der Waals surface area contributed by atoms with Crippen LogP contribution in [0.5, 0.6) is 0 Å². The molecule has 1 aromatic rings. The Labute approximate surface area is 142 Å². The van der Waals surface area contributed by atoms with E-state index < -0.39 is 9.84 Å². The quantitative estimate of drug-likeness (QED) is 0.842. The minimum Gasteiger partial charge on any atom is -0.296 e. The van der Waals surface area contributed by atoms with Crippen LogP contribution in [0.25, 0.3) is 0 Å². The zero-order valence-electron chi connectivity index (χ0n) is 13.2. The molecule has 126 valence electrons. The van der Waals surface area contributed by atoms with Crippen molar-refractivity contribution in [1.82, 2.24) is 10.6 Å². The van der Waals surface area contributed by atoms with Gasteiger partial charge in [0.15, 0.2) is 9.84 Å². The fourth-order valence-corrected chi connectivity index (χ4v) is 4.75. The lowest BCUT2D eigenvalue weighted by Crippen LogP contribution is -2.50. The van der Waals surface area contributed by atoms with E-state index in [1.807, 2.05) is 30.1 Å². The Morgan fingerprint density at radius 2 is 2.13 bits per heavy atom. The van der Waals surface area contributed by atoms with Gasteiger partial charge in [-0.3, -0.25) is 15.6 Å². The summed E-state index contributed by atoms with van der Waals surface area (Å²) in [6.07, 6.45) is 5.84. The minimum atomic E-state index is -3.14. The Morgan fingerprint density at radius 3 is 2.78 bits per heavy atom. The van der Waals surface area contributed by atoms with E-state index in [0.717, 1.165) is 12.1 Å². The number of nitrogens with zero attached hydrogens (tertiary/aromatic N) is 1. The molecule has 3 atom stereocenters. The molecule has 3 unspecified atom stereocenters. The van der Waals surface area contributed by atoms with E-state index in [1.165, 1.54) is 24.9 Å². The van der Waals surface area contributed by atoms with Crippen molar-refractivity contribution >= 4 is 27.8 Å². The zero-order chi connectivity index (χ0) is 16.3. The fraction of sp³-hybridized carbons (Fsp3) is 0.562. The molecule has 0 saturated carbocycles. The van der Waals surface area contributed by atoms with Gasteiger partial charge in [0, 0.05) is 24.3 Å². The highest BCUT2D eigenvalue weighted by Crippen LogP contribution is 2.25. The van der Waals surface area contributed by atoms with Crippen LogP contribution in [0, 0.1) is 0 Å². The Balaban J connectivity index is 1.59. The van der Waals surface area contributed by atoms with Crippen LogP contribution in [0.3, 0.4) is 0 Å². The Morgan fingerprint density at radius 1 is 1.35 bits per heavy atom. The first kappa shape index (κ1) is 17.0. The van der Waals surface area contributed by atoms with Crippen molar-refractivity contribution in [2.75, 3.05) is 25.1 Å². The lowest BCUT2D eigenvalue weighted by atomic mass is 10.1. The maximum Gasteiger partial charge on any atom is 0.175 e. The van der Waals surface area contributed by atoms with Crippen LogP contribution >= 0.6 is 11.8 Å². The predicted molar refractivity (Wildman–Crippen MR) is 96.1 cm³/mol. The van der Waals surface area contributed by atoms with Crippen LogP contribution in [-0.4, -0.2) is 51.1 Å². The second kappa shape index (κ2) is 7.34. The Bertz CT molecular complexity index is 652. The number of rotatable bonds is 5. The molecular formula is C16H23N3O2S2.